The molecule has 0 atom stereocenters. The average molecular weight is 468 g/mol. The van der Waals surface area contributed by atoms with Crippen LogP contribution in [0.25, 0.3) is 22.4 Å². The van der Waals surface area contributed by atoms with Crippen LogP contribution in [0.1, 0.15) is 20.0 Å². The number of benzene rings is 3. The predicted octanol–water partition coefficient (Wildman–Crippen LogP) is 5.42. The standard InChI is InChI=1S/C26H17N3O4S/c30-23(16-7-11-19(12-8-16)28-24(31)22-6-3-15-34-22)27-18-13-9-17(10-14-18)25-29-21-5-2-1-4-20(21)26(32)33-25/h1-15H,(H,27,30)(H,28,31). The second-order valence-corrected chi connectivity index (χ2v) is 8.31. The number of aromatic nitrogens is 1. The van der Waals surface area contributed by atoms with Gasteiger partial charge in [0.05, 0.1) is 15.8 Å². The molecule has 2 N–H and O–H groups in total. The number of rotatable bonds is 5. The number of carbonyl (C=O) groups excluding carboxylic acids is 2. The van der Waals surface area contributed by atoms with Crippen LogP contribution in [0.4, 0.5) is 11.4 Å². The molecule has 0 aliphatic rings. The monoisotopic (exact) mass is 467 g/mol. The molecule has 2 aromatic heterocycles. The maximum absolute atomic E-state index is 12.6. The average Bonchev–Trinajstić information content (AvgIpc) is 3.40. The fraction of sp³-hybridized carbons (Fsp3) is 0. The SMILES string of the molecule is O=C(Nc1ccc(-c2nc3ccccc3c(=O)o2)cc1)c1ccc(NC(=O)c2cccs2)cc1. The van der Waals surface area contributed by atoms with Crippen LogP contribution in [-0.4, -0.2) is 16.8 Å². The summed E-state index contributed by atoms with van der Waals surface area (Å²) in [4.78, 5) is 42.0. The van der Waals surface area contributed by atoms with Gasteiger partial charge in [0.2, 0.25) is 5.89 Å². The molecule has 7 nitrogen and oxygen atoms in total. The normalized spacial score (nSPS) is 10.7. The van der Waals surface area contributed by atoms with Gasteiger partial charge in [-0.1, -0.05) is 18.2 Å². The van der Waals surface area contributed by atoms with Crippen molar-refractivity contribution in [2.45, 2.75) is 0 Å². The van der Waals surface area contributed by atoms with Gasteiger partial charge in [0, 0.05) is 22.5 Å². The second kappa shape index (κ2) is 9.13. The first kappa shape index (κ1) is 21.3. The Morgan fingerprint density at radius 3 is 2.15 bits per heavy atom. The molecular weight excluding hydrogens is 450 g/mol. The number of hydrogen-bond acceptors (Lipinski definition) is 6. The van der Waals surface area contributed by atoms with Crippen molar-refractivity contribution in [3.63, 3.8) is 0 Å². The van der Waals surface area contributed by atoms with Crippen molar-refractivity contribution in [2.75, 3.05) is 10.6 Å². The van der Waals surface area contributed by atoms with Crippen LogP contribution in [0.15, 0.2) is 99.5 Å². The topological polar surface area (TPSA) is 101 Å². The lowest BCUT2D eigenvalue weighted by molar-refractivity contribution is 0.102. The number of anilines is 2. The Morgan fingerprint density at radius 2 is 1.44 bits per heavy atom. The van der Waals surface area contributed by atoms with Crippen LogP contribution in [-0.2, 0) is 0 Å². The number of fused-ring (bicyclic) bond motifs is 1. The molecule has 0 saturated heterocycles. The van der Waals surface area contributed by atoms with E-state index < -0.39 is 5.63 Å². The van der Waals surface area contributed by atoms with Gasteiger partial charge in [-0.25, -0.2) is 9.78 Å². The summed E-state index contributed by atoms with van der Waals surface area (Å²) in [6.07, 6.45) is 0. The first-order chi connectivity index (χ1) is 16.6. The van der Waals surface area contributed by atoms with Gasteiger partial charge in [0.1, 0.15) is 0 Å². The number of para-hydroxylation sites is 1. The Bertz CT molecular complexity index is 1540. The lowest BCUT2D eigenvalue weighted by Gasteiger charge is -2.08. The van der Waals surface area contributed by atoms with Crippen molar-refractivity contribution in [3.05, 3.63) is 111 Å². The minimum atomic E-state index is -0.451. The first-order valence-corrected chi connectivity index (χ1v) is 11.2. The molecule has 0 radical (unpaired) electrons. The molecule has 0 spiro atoms. The highest BCUT2D eigenvalue weighted by molar-refractivity contribution is 7.12. The van der Waals surface area contributed by atoms with Crippen molar-refractivity contribution >= 4 is 45.4 Å². The minimum Gasteiger partial charge on any atom is -0.403 e. The number of nitrogens with one attached hydrogen (secondary N) is 2. The van der Waals surface area contributed by atoms with Gasteiger partial charge in [0.25, 0.3) is 11.8 Å². The Balaban J connectivity index is 1.26. The van der Waals surface area contributed by atoms with E-state index in [0.29, 0.717) is 38.3 Å². The Kier molecular flexibility index (Phi) is 5.72. The molecule has 2 amide bonds. The number of carbonyl (C=O) groups is 2. The van der Waals surface area contributed by atoms with Gasteiger partial charge in [-0.2, -0.15) is 0 Å². The summed E-state index contributed by atoms with van der Waals surface area (Å²) < 4.78 is 5.35. The zero-order valence-corrected chi connectivity index (χ0v) is 18.5. The predicted molar refractivity (Wildman–Crippen MR) is 132 cm³/mol. The summed E-state index contributed by atoms with van der Waals surface area (Å²) in [6.45, 7) is 0. The van der Waals surface area contributed by atoms with Gasteiger partial charge in [-0.05, 0) is 72.1 Å². The fourth-order valence-corrected chi connectivity index (χ4v) is 3.97. The molecule has 0 aliphatic carbocycles. The Morgan fingerprint density at radius 1 is 0.765 bits per heavy atom. The molecular formula is C26H17N3O4S. The van der Waals surface area contributed by atoms with E-state index in [-0.39, 0.29) is 17.7 Å². The fourth-order valence-electron chi connectivity index (χ4n) is 3.35. The van der Waals surface area contributed by atoms with E-state index in [1.54, 1.807) is 78.9 Å². The highest BCUT2D eigenvalue weighted by Crippen LogP contribution is 2.21. The number of hydrogen-bond donors (Lipinski definition) is 2. The minimum absolute atomic E-state index is 0.191. The van der Waals surface area contributed by atoms with Crippen LogP contribution in [0.3, 0.4) is 0 Å². The highest BCUT2D eigenvalue weighted by Gasteiger charge is 2.11. The maximum atomic E-state index is 12.6. The lowest BCUT2D eigenvalue weighted by Crippen LogP contribution is -2.13. The van der Waals surface area contributed by atoms with Crippen molar-refractivity contribution in [1.82, 2.24) is 4.98 Å². The van der Waals surface area contributed by atoms with Gasteiger partial charge in [0.15, 0.2) is 0 Å². The first-order valence-electron chi connectivity index (χ1n) is 10.3. The Hall–Kier alpha value is -4.56. The number of thiophene rings is 1. The van der Waals surface area contributed by atoms with Crippen molar-refractivity contribution in [3.8, 4) is 11.5 Å². The van der Waals surface area contributed by atoms with E-state index in [2.05, 4.69) is 15.6 Å². The zero-order valence-electron chi connectivity index (χ0n) is 17.6. The van der Waals surface area contributed by atoms with Crippen LogP contribution in [0.2, 0.25) is 0 Å². The van der Waals surface area contributed by atoms with Crippen LogP contribution < -0.4 is 16.3 Å². The third-order valence-corrected chi connectivity index (χ3v) is 5.94. The smallest absolute Gasteiger partial charge is 0.347 e. The van der Waals surface area contributed by atoms with Gasteiger partial charge in [-0.3, -0.25) is 9.59 Å². The van der Waals surface area contributed by atoms with Gasteiger partial charge < -0.3 is 15.1 Å². The summed E-state index contributed by atoms with van der Waals surface area (Å²) in [5.41, 5.74) is 2.34. The third-order valence-electron chi connectivity index (χ3n) is 5.07. The van der Waals surface area contributed by atoms with Crippen LogP contribution in [0.5, 0.6) is 0 Å². The summed E-state index contributed by atoms with van der Waals surface area (Å²) >= 11 is 1.36. The molecule has 166 valence electrons. The van der Waals surface area contributed by atoms with E-state index in [9.17, 15) is 14.4 Å². The molecule has 5 rings (SSSR count). The number of amides is 2. The molecule has 0 unspecified atom stereocenters. The molecule has 0 saturated carbocycles. The summed E-state index contributed by atoms with van der Waals surface area (Å²) in [5.74, 6) is -0.273. The largest absolute Gasteiger partial charge is 0.403 e. The Labute approximate surface area is 197 Å². The van der Waals surface area contributed by atoms with Crippen LogP contribution in [0, 0.1) is 0 Å². The molecule has 3 aromatic carbocycles. The highest BCUT2D eigenvalue weighted by atomic mass is 32.1. The van der Waals surface area contributed by atoms with Crippen molar-refractivity contribution < 1.29 is 14.0 Å². The molecule has 2 heterocycles. The van der Waals surface area contributed by atoms with E-state index in [1.807, 2.05) is 11.4 Å². The lowest BCUT2D eigenvalue weighted by atomic mass is 10.1. The molecule has 34 heavy (non-hydrogen) atoms. The van der Waals surface area contributed by atoms with Gasteiger partial charge >= 0.3 is 5.63 Å². The molecule has 0 fully saturated rings. The molecule has 5 aromatic rings. The summed E-state index contributed by atoms with van der Waals surface area (Å²) in [6, 6.07) is 24.0. The second-order valence-electron chi connectivity index (χ2n) is 7.36. The summed E-state index contributed by atoms with van der Waals surface area (Å²) in [5, 5.41) is 7.88. The van der Waals surface area contributed by atoms with E-state index in [1.165, 1.54) is 11.3 Å². The third kappa shape index (κ3) is 4.48. The van der Waals surface area contributed by atoms with E-state index in [0.717, 1.165) is 0 Å². The maximum Gasteiger partial charge on any atom is 0.347 e. The number of nitrogens with zero attached hydrogens (tertiary/aromatic N) is 1. The zero-order chi connectivity index (χ0) is 23.5. The molecule has 0 bridgehead atoms. The quantitative estimate of drug-likeness (QED) is 0.359. The van der Waals surface area contributed by atoms with Crippen molar-refractivity contribution in [1.29, 1.82) is 0 Å². The molecule has 0 aliphatic heterocycles. The van der Waals surface area contributed by atoms with Crippen molar-refractivity contribution in [2.24, 2.45) is 0 Å². The van der Waals surface area contributed by atoms with E-state index >= 15 is 0 Å². The summed E-state index contributed by atoms with van der Waals surface area (Å²) in [7, 11) is 0. The van der Waals surface area contributed by atoms with E-state index in [4.69, 9.17) is 4.42 Å². The van der Waals surface area contributed by atoms with Gasteiger partial charge in [-0.15, -0.1) is 11.3 Å². The molecule has 8 heteroatoms. The van der Waals surface area contributed by atoms with Crippen LogP contribution >= 0.6 is 11.3 Å².